The molecule has 0 aromatic carbocycles. The summed E-state index contributed by atoms with van der Waals surface area (Å²) in [6, 6.07) is 0. The molecule has 11 heteroatoms. The highest BCUT2D eigenvalue weighted by atomic mass is 31.2. The van der Waals surface area contributed by atoms with Crippen LogP contribution in [0.1, 0.15) is 26.5 Å². The Hall–Kier alpha value is -1.58. The van der Waals surface area contributed by atoms with Crippen molar-refractivity contribution in [1.29, 1.82) is 0 Å². The molecule has 0 aliphatic carbocycles. The summed E-state index contributed by atoms with van der Waals surface area (Å²) in [6.45, 7) is 3.69. The molecule has 2 aromatic rings. The Bertz CT molecular complexity index is 811. The van der Waals surface area contributed by atoms with E-state index in [1.165, 1.54) is 6.33 Å². The van der Waals surface area contributed by atoms with E-state index >= 15 is 0 Å². The van der Waals surface area contributed by atoms with Gasteiger partial charge in [0.15, 0.2) is 11.5 Å². The lowest BCUT2D eigenvalue weighted by atomic mass is 10.2. The summed E-state index contributed by atoms with van der Waals surface area (Å²) < 4.78 is 36.3. The third kappa shape index (κ3) is 2.70. The molecule has 2 N–H and O–H groups in total. The van der Waals surface area contributed by atoms with Crippen LogP contribution in [0.25, 0.3) is 11.2 Å². The normalized spacial score (nSPS) is 33.2. The fourth-order valence-electron chi connectivity index (χ4n) is 2.89. The molecular weight excluding hydrogens is 337 g/mol. The zero-order chi connectivity index (χ0) is 16.9. The highest BCUT2D eigenvalue weighted by Gasteiger charge is 2.48. The van der Waals surface area contributed by atoms with E-state index in [9.17, 15) is 4.57 Å². The second-order valence-corrected chi connectivity index (χ2v) is 7.56. The lowest BCUT2D eigenvalue weighted by Crippen LogP contribution is -2.33. The van der Waals surface area contributed by atoms with Crippen LogP contribution in [0, 0.1) is 0 Å². The van der Waals surface area contributed by atoms with Gasteiger partial charge in [0.05, 0.1) is 19.0 Å². The van der Waals surface area contributed by atoms with Crippen LogP contribution < -0.4 is 5.73 Å². The fraction of sp³-hybridized carbons (Fsp3) is 0.615. The molecule has 0 bridgehead atoms. The number of anilines is 1. The van der Waals surface area contributed by atoms with Crippen molar-refractivity contribution in [3.05, 3.63) is 12.7 Å². The van der Waals surface area contributed by atoms with Gasteiger partial charge in [-0.05, 0) is 13.8 Å². The molecule has 2 fully saturated rings. The Labute approximate surface area is 137 Å². The minimum Gasteiger partial charge on any atom is -0.382 e. The zero-order valence-electron chi connectivity index (χ0n) is 13.2. The third-order valence-corrected chi connectivity index (χ3v) is 5.55. The number of nitrogen functional groups attached to an aromatic ring is 1. The molecule has 2 aliphatic heterocycles. The Morgan fingerprint density at radius 2 is 2.21 bits per heavy atom. The summed E-state index contributed by atoms with van der Waals surface area (Å²) in [7, 11) is -3.55. The topological polar surface area (TPSA) is 124 Å². The van der Waals surface area contributed by atoms with Crippen LogP contribution in [0.5, 0.6) is 0 Å². The average molecular weight is 355 g/mol. The minimum atomic E-state index is -3.55. The largest absolute Gasteiger partial charge is 0.475 e. The standard InChI is InChI=1S/C13H18N5O5P/c1-7(2)22-24(19)20-4-9-8(23-24)3-10(21-9)18-6-17-11-12(14)15-5-16-13(11)18/h5-10H,3-4H2,1-2H3,(H2,14,15,16)/t8?,9-,10-,24?/m1/s1. The first-order chi connectivity index (χ1) is 11.5. The number of imidazole rings is 1. The summed E-state index contributed by atoms with van der Waals surface area (Å²) in [5.41, 5.74) is 6.89. The Morgan fingerprint density at radius 3 is 3.00 bits per heavy atom. The molecule has 0 radical (unpaired) electrons. The summed E-state index contributed by atoms with van der Waals surface area (Å²) >= 11 is 0. The van der Waals surface area contributed by atoms with Gasteiger partial charge in [-0.25, -0.2) is 19.5 Å². The second kappa shape index (κ2) is 5.75. The van der Waals surface area contributed by atoms with Gasteiger partial charge in [-0.2, -0.15) is 0 Å². The lowest BCUT2D eigenvalue weighted by molar-refractivity contribution is -0.0733. The molecule has 2 unspecified atom stereocenters. The maximum atomic E-state index is 12.5. The van der Waals surface area contributed by atoms with Crippen LogP contribution in [0.4, 0.5) is 5.82 Å². The smallest absolute Gasteiger partial charge is 0.382 e. The van der Waals surface area contributed by atoms with Gasteiger partial charge in [0, 0.05) is 6.42 Å². The van der Waals surface area contributed by atoms with Gasteiger partial charge in [0.1, 0.15) is 30.3 Å². The molecule has 4 heterocycles. The predicted molar refractivity (Wildman–Crippen MR) is 82.9 cm³/mol. The third-order valence-electron chi connectivity index (χ3n) is 3.88. The van der Waals surface area contributed by atoms with E-state index in [0.717, 1.165) is 0 Å². The van der Waals surface area contributed by atoms with Gasteiger partial charge in [-0.15, -0.1) is 0 Å². The van der Waals surface area contributed by atoms with Crippen LogP contribution in [0.2, 0.25) is 0 Å². The van der Waals surface area contributed by atoms with Crippen LogP contribution in [0.3, 0.4) is 0 Å². The van der Waals surface area contributed by atoms with Gasteiger partial charge in [-0.3, -0.25) is 18.1 Å². The SMILES string of the molecule is CC(C)OP1(=O)OC[C@H]2O[C@@H](n3cnc4c(N)ncnc43)CC2O1. The molecule has 0 saturated carbocycles. The summed E-state index contributed by atoms with van der Waals surface area (Å²) in [5.74, 6) is 0.309. The van der Waals surface area contributed by atoms with Gasteiger partial charge in [-0.1, -0.05) is 0 Å². The van der Waals surface area contributed by atoms with Crippen molar-refractivity contribution in [3.63, 3.8) is 0 Å². The number of hydrogen-bond donors (Lipinski definition) is 1. The maximum absolute atomic E-state index is 12.5. The van der Waals surface area contributed by atoms with Crippen molar-refractivity contribution >= 4 is 24.8 Å². The fourth-order valence-corrected chi connectivity index (χ4v) is 4.46. The number of nitrogens with two attached hydrogens (primary N) is 1. The molecule has 24 heavy (non-hydrogen) atoms. The number of aromatic nitrogens is 4. The van der Waals surface area contributed by atoms with Crippen LogP contribution in [-0.2, 0) is 22.9 Å². The van der Waals surface area contributed by atoms with E-state index in [-0.39, 0.29) is 31.1 Å². The van der Waals surface area contributed by atoms with Crippen molar-refractivity contribution in [3.8, 4) is 0 Å². The van der Waals surface area contributed by atoms with E-state index in [1.807, 2.05) is 0 Å². The molecule has 4 atom stereocenters. The molecule has 130 valence electrons. The minimum absolute atomic E-state index is 0.148. The maximum Gasteiger partial charge on any atom is 0.475 e. The molecule has 0 amide bonds. The van der Waals surface area contributed by atoms with Gasteiger partial charge in [0.25, 0.3) is 0 Å². The molecule has 2 aliphatic rings. The molecule has 0 spiro atoms. The average Bonchev–Trinajstić information content (AvgIpc) is 3.09. The number of phosphoric acid groups is 1. The van der Waals surface area contributed by atoms with E-state index in [4.69, 9.17) is 24.0 Å². The van der Waals surface area contributed by atoms with Crippen molar-refractivity contribution in [2.45, 2.75) is 44.8 Å². The van der Waals surface area contributed by atoms with Crippen molar-refractivity contribution < 1.29 is 22.9 Å². The highest BCUT2D eigenvalue weighted by molar-refractivity contribution is 7.48. The van der Waals surface area contributed by atoms with E-state index in [2.05, 4.69) is 15.0 Å². The Kier molecular flexibility index (Phi) is 3.81. The van der Waals surface area contributed by atoms with Crippen molar-refractivity contribution in [2.24, 2.45) is 0 Å². The summed E-state index contributed by atoms with van der Waals surface area (Å²) in [5, 5.41) is 0. The summed E-state index contributed by atoms with van der Waals surface area (Å²) in [6.07, 6.45) is 2.12. The number of nitrogens with zero attached hydrogens (tertiary/aromatic N) is 4. The number of ether oxygens (including phenoxy) is 1. The van der Waals surface area contributed by atoms with Crippen LogP contribution in [0.15, 0.2) is 12.7 Å². The van der Waals surface area contributed by atoms with Crippen LogP contribution >= 0.6 is 7.82 Å². The van der Waals surface area contributed by atoms with E-state index in [0.29, 0.717) is 23.4 Å². The van der Waals surface area contributed by atoms with Crippen LogP contribution in [-0.4, -0.2) is 44.4 Å². The number of hydrogen-bond acceptors (Lipinski definition) is 9. The molecule has 4 rings (SSSR count). The van der Waals surface area contributed by atoms with Crippen molar-refractivity contribution in [1.82, 2.24) is 19.5 Å². The first kappa shape index (κ1) is 15.9. The van der Waals surface area contributed by atoms with Gasteiger partial charge in [0.2, 0.25) is 0 Å². The first-order valence-electron chi connectivity index (χ1n) is 7.65. The number of rotatable bonds is 3. The van der Waals surface area contributed by atoms with E-state index in [1.54, 1.807) is 24.7 Å². The number of phosphoric ester groups is 1. The molecule has 2 saturated heterocycles. The molecule has 10 nitrogen and oxygen atoms in total. The van der Waals surface area contributed by atoms with Crippen molar-refractivity contribution in [2.75, 3.05) is 12.3 Å². The monoisotopic (exact) mass is 355 g/mol. The predicted octanol–water partition coefficient (Wildman–Crippen LogP) is 1.64. The lowest BCUT2D eigenvalue weighted by Gasteiger charge is -2.30. The highest BCUT2D eigenvalue weighted by Crippen LogP contribution is 2.57. The Balaban J connectivity index is 1.56. The molecule has 2 aromatic heterocycles. The second-order valence-electron chi connectivity index (χ2n) is 5.99. The zero-order valence-corrected chi connectivity index (χ0v) is 14.1. The first-order valence-corrected chi connectivity index (χ1v) is 9.11. The quantitative estimate of drug-likeness (QED) is 0.818. The van der Waals surface area contributed by atoms with E-state index < -0.39 is 7.82 Å². The Morgan fingerprint density at radius 1 is 1.38 bits per heavy atom. The molecular formula is C13H18N5O5P. The van der Waals surface area contributed by atoms with Gasteiger partial charge < -0.3 is 10.5 Å². The number of fused-ring (bicyclic) bond motifs is 2. The summed E-state index contributed by atoms with van der Waals surface area (Å²) in [4.78, 5) is 12.4. The van der Waals surface area contributed by atoms with Gasteiger partial charge >= 0.3 is 7.82 Å².